The average molecular weight is 310 g/mol. The normalized spacial score (nSPS) is 9.78. The lowest BCUT2D eigenvalue weighted by Gasteiger charge is -2.01. The Morgan fingerprint density at radius 1 is 0.478 bits per heavy atom. The van der Waals surface area contributed by atoms with Crippen LogP contribution < -0.4 is 0 Å². The minimum atomic E-state index is 0.0281. The first-order valence-corrected chi connectivity index (χ1v) is 7.05. The van der Waals surface area contributed by atoms with Crippen LogP contribution >= 0.6 is 0 Å². The molecule has 0 saturated carbocycles. The van der Waals surface area contributed by atoms with Crippen LogP contribution in [0.1, 0.15) is 5.56 Å². The fraction of sp³-hybridized carbons (Fsp3) is 0.0526. The van der Waals surface area contributed by atoms with E-state index in [1.807, 2.05) is 24.3 Å². The number of hydrogen-bond donors (Lipinski definition) is 4. The zero-order chi connectivity index (χ0) is 16.7. The molecule has 0 aliphatic carbocycles. The first-order valence-electron chi connectivity index (χ1n) is 7.05. The molecule has 4 heteroatoms. The lowest BCUT2D eigenvalue weighted by molar-refractivity contribution is 0.281. The van der Waals surface area contributed by atoms with E-state index in [2.05, 4.69) is 0 Å². The van der Waals surface area contributed by atoms with E-state index >= 15 is 0 Å². The van der Waals surface area contributed by atoms with Gasteiger partial charge in [0.25, 0.3) is 0 Å². The van der Waals surface area contributed by atoms with Crippen molar-refractivity contribution < 1.29 is 20.4 Å². The third-order valence-corrected chi connectivity index (χ3v) is 3.19. The Hall–Kier alpha value is -2.98. The molecule has 3 aromatic rings. The number of benzene rings is 3. The molecule has 23 heavy (non-hydrogen) atoms. The summed E-state index contributed by atoms with van der Waals surface area (Å²) in [4.78, 5) is 0. The molecule has 0 heterocycles. The number of hydrogen-bond acceptors (Lipinski definition) is 4. The summed E-state index contributed by atoms with van der Waals surface area (Å²) in [5.41, 5.74) is 2.85. The van der Waals surface area contributed by atoms with Crippen molar-refractivity contribution in [3.8, 4) is 28.4 Å². The van der Waals surface area contributed by atoms with Gasteiger partial charge in [0.1, 0.15) is 17.2 Å². The van der Waals surface area contributed by atoms with Crippen molar-refractivity contribution in [3.63, 3.8) is 0 Å². The van der Waals surface area contributed by atoms with E-state index in [0.29, 0.717) is 0 Å². The molecule has 0 bridgehead atoms. The fourth-order valence-corrected chi connectivity index (χ4v) is 1.91. The van der Waals surface area contributed by atoms with Gasteiger partial charge in [-0.05, 0) is 53.1 Å². The van der Waals surface area contributed by atoms with Gasteiger partial charge in [-0.25, -0.2) is 0 Å². The lowest BCUT2D eigenvalue weighted by Crippen LogP contribution is -1.78. The first-order chi connectivity index (χ1) is 11.1. The van der Waals surface area contributed by atoms with Gasteiger partial charge in [-0.3, -0.25) is 0 Å². The first kappa shape index (κ1) is 16.4. The predicted molar refractivity (Wildman–Crippen MR) is 89.2 cm³/mol. The second-order valence-corrected chi connectivity index (χ2v) is 4.92. The van der Waals surface area contributed by atoms with Gasteiger partial charge in [-0.15, -0.1) is 0 Å². The molecule has 0 radical (unpaired) electrons. The van der Waals surface area contributed by atoms with Crippen molar-refractivity contribution >= 4 is 0 Å². The molecule has 0 fully saturated rings. The highest BCUT2D eigenvalue weighted by atomic mass is 16.3. The molecule has 3 rings (SSSR count). The summed E-state index contributed by atoms with van der Waals surface area (Å²) in [6.07, 6.45) is 0. The van der Waals surface area contributed by atoms with Gasteiger partial charge < -0.3 is 20.4 Å². The summed E-state index contributed by atoms with van der Waals surface area (Å²) < 4.78 is 0. The third kappa shape index (κ3) is 5.05. The Bertz CT molecular complexity index is 673. The van der Waals surface area contributed by atoms with Gasteiger partial charge in [0, 0.05) is 0 Å². The van der Waals surface area contributed by atoms with Crippen LogP contribution in [0.15, 0.2) is 72.8 Å². The molecule has 0 aromatic heterocycles. The Labute approximate surface area is 134 Å². The summed E-state index contributed by atoms with van der Waals surface area (Å²) in [6, 6.07) is 20.4. The number of phenolic OH excluding ortho intramolecular Hbond substituents is 3. The maximum atomic E-state index is 9.11. The maximum Gasteiger partial charge on any atom is 0.115 e. The quantitative estimate of drug-likeness (QED) is 0.582. The Balaban J connectivity index is 0.000000185. The molecule has 0 aliphatic heterocycles. The smallest absolute Gasteiger partial charge is 0.115 e. The molecule has 4 N–H and O–H groups in total. The van der Waals surface area contributed by atoms with E-state index in [9.17, 15) is 0 Å². The molecule has 0 spiro atoms. The van der Waals surface area contributed by atoms with Gasteiger partial charge in [0.05, 0.1) is 6.61 Å². The second kappa shape index (κ2) is 7.87. The topological polar surface area (TPSA) is 80.9 Å². The van der Waals surface area contributed by atoms with E-state index in [-0.39, 0.29) is 23.9 Å². The second-order valence-electron chi connectivity index (χ2n) is 4.92. The van der Waals surface area contributed by atoms with E-state index in [4.69, 9.17) is 20.4 Å². The lowest BCUT2D eigenvalue weighted by atomic mass is 10.1. The molecule has 0 atom stereocenters. The van der Waals surface area contributed by atoms with Crippen molar-refractivity contribution in [2.24, 2.45) is 0 Å². The van der Waals surface area contributed by atoms with Crippen molar-refractivity contribution in [1.82, 2.24) is 0 Å². The molecular formula is C19H18O4. The van der Waals surface area contributed by atoms with Crippen LogP contribution in [0.5, 0.6) is 17.2 Å². The fourth-order valence-electron chi connectivity index (χ4n) is 1.91. The van der Waals surface area contributed by atoms with E-state index in [1.165, 1.54) is 0 Å². The largest absolute Gasteiger partial charge is 0.508 e. The van der Waals surface area contributed by atoms with Crippen LogP contribution in [0.25, 0.3) is 11.1 Å². The number of aliphatic hydroxyl groups is 1. The number of aliphatic hydroxyl groups excluding tert-OH is 1. The van der Waals surface area contributed by atoms with Crippen LogP contribution in [0.4, 0.5) is 0 Å². The van der Waals surface area contributed by atoms with Crippen LogP contribution in [-0.4, -0.2) is 20.4 Å². The molecule has 0 aliphatic rings. The zero-order valence-electron chi connectivity index (χ0n) is 12.4. The summed E-state index contributed by atoms with van der Waals surface area (Å²) >= 11 is 0. The molecule has 0 unspecified atom stereocenters. The average Bonchev–Trinajstić information content (AvgIpc) is 2.58. The molecule has 0 saturated heterocycles. The Morgan fingerprint density at radius 2 is 0.783 bits per heavy atom. The van der Waals surface area contributed by atoms with E-state index in [1.54, 1.807) is 48.5 Å². The van der Waals surface area contributed by atoms with Crippen molar-refractivity contribution in [1.29, 1.82) is 0 Å². The maximum absolute atomic E-state index is 9.11. The van der Waals surface area contributed by atoms with Gasteiger partial charge in [0.15, 0.2) is 0 Å². The predicted octanol–water partition coefficient (Wildman–Crippen LogP) is 3.65. The number of phenols is 3. The Kier molecular flexibility index (Phi) is 5.61. The highest BCUT2D eigenvalue weighted by molar-refractivity contribution is 5.64. The molecule has 4 nitrogen and oxygen atoms in total. The summed E-state index contributed by atoms with van der Waals surface area (Å²) in [6.45, 7) is 0.0281. The van der Waals surface area contributed by atoms with Crippen LogP contribution in [0.3, 0.4) is 0 Å². The zero-order valence-corrected chi connectivity index (χ0v) is 12.4. The third-order valence-electron chi connectivity index (χ3n) is 3.19. The Morgan fingerprint density at radius 3 is 1.09 bits per heavy atom. The molecule has 0 amide bonds. The highest BCUT2D eigenvalue weighted by Crippen LogP contribution is 2.23. The van der Waals surface area contributed by atoms with E-state index < -0.39 is 0 Å². The van der Waals surface area contributed by atoms with Gasteiger partial charge in [-0.2, -0.15) is 0 Å². The van der Waals surface area contributed by atoms with Gasteiger partial charge in [-0.1, -0.05) is 36.4 Å². The monoisotopic (exact) mass is 310 g/mol. The number of rotatable bonds is 2. The standard InChI is InChI=1S/C12H10O2.C7H8O2/c13-11-5-1-9(2-6-11)10-3-7-12(14)8-4-10;8-5-6-1-3-7(9)4-2-6/h1-8,13-14H;1-4,8-9H,5H2. The van der Waals surface area contributed by atoms with E-state index in [0.717, 1.165) is 16.7 Å². The SMILES string of the molecule is OCc1ccc(O)cc1.Oc1ccc(-c2ccc(O)cc2)cc1. The molecule has 118 valence electrons. The number of aromatic hydroxyl groups is 3. The van der Waals surface area contributed by atoms with Crippen molar-refractivity contribution in [3.05, 3.63) is 78.4 Å². The van der Waals surface area contributed by atoms with Crippen LogP contribution in [0.2, 0.25) is 0 Å². The minimum Gasteiger partial charge on any atom is -0.508 e. The summed E-state index contributed by atoms with van der Waals surface area (Å²) in [5.74, 6) is 0.743. The highest BCUT2D eigenvalue weighted by Gasteiger charge is 1.97. The van der Waals surface area contributed by atoms with Crippen LogP contribution in [0, 0.1) is 0 Å². The van der Waals surface area contributed by atoms with Gasteiger partial charge in [0.2, 0.25) is 0 Å². The summed E-state index contributed by atoms with van der Waals surface area (Å²) in [5, 5.41) is 35.5. The van der Waals surface area contributed by atoms with Crippen LogP contribution in [-0.2, 0) is 6.61 Å². The summed E-state index contributed by atoms with van der Waals surface area (Å²) in [7, 11) is 0. The van der Waals surface area contributed by atoms with Crippen molar-refractivity contribution in [2.45, 2.75) is 6.61 Å². The van der Waals surface area contributed by atoms with Gasteiger partial charge >= 0.3 is 0 Å². The molecular weight excluding hydrogens is 292 g/mol. The van der Waals surface area contributed by atoms with Crippen molar-refractivity contribution in [2.75, 3.05) is 0 Å². The molecule has 3 aromatic carbocycles. The minimum absolute atomic E-state index is 0.0281.